The molecule has 1 N–H and O–H groups in total. The highest BCUT2D eigenvalue weighted by Crippen LogP contribution is 2.29. The van der Waals surface area contributed by atoms with Gasteiger partial charge in [0.15, 0.2) is 0 Å². The van der Waals surface area contributed by atoms with E-state index in [9.17, 15) is 8.42 Å². The van der Waals surface area contributed by atoms with Crippen LogP contribution in [0.1, 0.15) is 43.1 Å². The summed E-state index contributed by atoms with van der Waals surface area (Å²) in [5, 5.41) is 3.13. The molecule has 8 nitrogen and oxygen atoms in total. The van der Waals surface area contributed by atoms with Crippen LogP contribution in [0.4, 0.5) is 5.82 Å². The van der Waals surface area contributed by atoms with E-state index >= 15 is 0 Å². The van der Waals surface area contributed by atoms with Crippen molar-refractivity contribution in [1.82, 2.24) is 23.9 Å². The van der Waals surface area contributed by atoms with Gasteiger partial charge in [-0.15, -0.1) is 0 Å². The minimum atomic E-state index is -3.36. The summed E-state index contributed by atoms with van der Waals surface area (Å²) in [6.07, 6.45) is 3.67. The second kappa shape index (κ2) is 8.16. The number of hydrogen-bond donors (Lipinski definition) is 1. The Hall–Kier alpha value is -1.29. The fourth-order valence-electron chi connectivity index (χ4n) is 3.63. The molecular weight excluding hydrogens is 352 g/mol. The normalized spacial score (nSPS) is 22.7. The second-order valence-corrected chi connectivity index (χ2v) is 9.24. The zero-order chi connectivity index (χ0) is 18.7. The Labute approximate surface area is 156 Å². The van der Waals surface area contributed by atoms with Crippen molar-refractivity contribution in [1.29, 1.82) is 0 Å². The average Bonchev–Trinajstić information content (AvgIpc) is 3.17. The Morgan fingerprint density at radius 2 is 1.85 bits per heavy atom. The average molecular weight is 383 g/mol. The number of rotatable bonds is 6. The minimum Gasteiger partial charge on any atom is -0.363 e. The summed E-state index contributed by atoms with van der Waals surface area (Å²) in [6.45, 7) is 3.00. The van der Waals surface area contributed by atoms with Crippen molar-refractivity contribution in [3.8, 4) is 0 Å². The lowest BCUT2D eigenvalue weighted by atomic mass is 9.98. The lowest BCUT2D eigenvalue weighted by Crippen LogP contribution is -2.46. The van der Waals surface area contributed by atoms with Gasteiger partial charge in [-0.3, -0.25) is 0 Å². The van der Waals surface area contributed by atoms with Crippen LogP contribution in [-0.4, -0.2) is 74.3 Å². The predicted octanol–water partition coefficient (Wildman–Crippen LogP) is 0.782. The predicted molar refractivity (Wildman–Crippen MR) is 102 cm³/mol. The van der Waals surface area contributed by atoms with Crippen molar-refractivity contribution >= 4 is 16.0 Å². The standard InChI is InChI=1S/C17H30N6O2S/c1-18-12-15-11-16(21(2)3)20-17(19-15)14-7-6-10-23(13-14)26(24,25)22-8-4-5-9-22/h11,14,18H,4-10,12-13H2,1-3H3. The van der Waals surface area contributed by atoms with Crippen LogP contribution in [0.5, 0.6) is 0 Å². The van der Waals surface area contributed by atoms with Crippen LogP contribution in [0.2, 0.25) is 0 Å². The molecule has 2 aliphatic rings. The largest absolute Gasteiger partial charge is 0.363 e. The second-order valence-electron chi connectivity index (χ2n) is 7.31. The van der Waals surface area contributed by atoms with Gasteiger partial charge in [0.1, 0.15) is 11.6 Å². The van der Waals surface area contributed by atoms with Crippen LogP contribution in [0.25, 0.3) is 0 Å². The van der Waals surface area contributed by atoms with Gasteiger partial charge in [0.05, 0.1) is 5.69 Å². The third-order valence-electron chi connectivity index (χ3n) is 5.07. The molecule has 26 heavy (non-hydrogen) atoms. The minimum absolute atomic E-state index is 0.0386. The maximum absolute atomic E-state index is 12.9. The van der Waals surface area contributed by atoms with Gasteiger partial charge in [-0.05, 0) is 32.7 Å². The van der Waals surface area contributed by atoms with E-state index in [0.717, 1.165) is 43.0 Å². The van der Waals surface area contributed by atoms with Crippen LogP contribution in [-0.2, 0) is 16.8 Å². The molecule has 2 fully saturated rings. The van der Waals surface area contributed by atoms with Crippen molar-refractivity contribution in [3.05, 3.63) is 17.6 Å². The summed E-state index contributed by atoms with van der Waals surface area (Å²) in [5.74, 6) is 1.65. The molecule has 1 aromatic rings. The van der Waals surface area contributed by atoms with Gasteiger partial charge in [-0.2, -0.15) is 17.0 Å². The first-order chi connectivity index (χ1) is 12.4. The lowest BCUT2D eigenvalue weighted by molar-refractivity contribution is 0.287. The van der Waals surface area contributed by atoms with E-state index < -0.39 is 10.2 Å². The van der Waals surface area contributed by atoms with Gasteiger partial charge in [-0.1, -0.05) is 0 Å². The van der Waals surface area contributed by atoms with Gasteiger partial charge >= 0.3 is 0 Å². The van der Waals surface area contributed by atoms with Gasteiger partial charge < -0.3 is 10.2 Å². The van der Waals surface area contributed by atoms with Gasteiger partial charge in [0.2, 0.25) is 0 Å². The first-order valence-corrected chi connectivity index (χ1v) is 10.8. The summed E-state index contributed by atoms with van der Waals surface area (Å²) in [7, 11) is 2.45. The zero-order valence-corrected chi connectivity index (χ0v) is 16.8. The van der Waals surface area contributed by atoms with Crippen molar-refractivity contribution in [2.75, 3.05) is 52.2 Å². The molecule has 0 spiro atoms. The van der Waals surface area contributed by atoms with Crippen molar-refractivity contribution in [3.63, 3.8) is 0 Å². The molecule has 2 saturated heterocycles. The maximum atomic E-state index is 12.9. The molecule has 9 heteroatoms. The van der Waals surface area contributed by atoms with E-state index in [-0.39, 0.29) is 5.92 Å². The molecule has 3 heterocycles. The van der Waals surface area contributed by atoms with Crippen molar-refractivity contribution in [2.45, 2.75) is 38.1 Å². The van der Waals surface area contributed by atoms with Gasteiger partial charge in [-0.25, -0.2) is 9.97 Å². The molecule has 0 bridgehead atoms. The van der Waals surface area contributed by atoms with E-state index in [0.29, 0.717) is 32.7 Å². The molecule has 1 atom stereocenters. The van der Waals surface area contributed by atoms with E-state index in [2.05, 4.69) is 5.32 Å². The van der Waals surface area contributed by atoms with Gasteiger partial charge in [0.25, 0.3) is 10.2 Å². The van der Waals surface area contributed by atoms with Crippen LogP contribution >= 0.6 is 0 Å². The van der Waals surface area contributed by atoms with Crippen molar-refractivity contribution in [2.24, 2.45) is 0 Å². The van der Waals surface area contributed by atoms with Crippen LogP contribution < -0.4 is 10.2 Å². The molecule has 1 unspecified atom stereocenters. The molecule has 146 valence electrons. The summed E-state index contributed by atoms with van der Waals surface area (Å²) >= 11 is 0. The third-order valence-corrected chi connectivity index (χ3v) is 7.07. The first-order valence-electron chi connectivity index (χ1n) is 9.37. The van der Waals surface area contributed by atoms with E-state index in [1.165, 1.54) is 0 Å². The molecule has 2 aliphatic heterocycles. The summed E-state index contributed by atoms with van der Waals surface area (Å²) < 4.78 is 29.1. The van der Waals surface area contributed by atoms with E-state index in [1.54, 1.807) is 8.61 Å². The molecular formula is C17H30N6O2S. The number of nitrogens with one attached hydrogen (secondary N) is 1. The molecule has 0 aromatic carbocycles. The van der Waals surface area contributed by atoms with Crippen LogP contribution in [0, 0.1) is 0 Å². The number of piperidine rings is 1. The first kappa shape index (κ1) is 19.5. The quantitative estimate of drug-likeness (QED) is 0.783. The van der Waals surface area contributed by atoms with E-state index in [1.807, 2.05) is 32.1 Å². The highest BCUT2D eigenvalue weighted by molar-refractivity contribution is 7.86. The van der Waals surface area contributed by atoms with E-state index in [4.69, 9.17) is 9.97 Å². The van der Waals surface area contributed by atoms with Gasteiger partial charge in [0, 0.05) is 58.8 Å². The summed E-state index contributed by atoms with van der Waals surface area (Å²) in [6, 6.07) is 1.97. The highest BCUT2D eigenvalue weighted by atomic mass is 32.2. The Morgan fingerprint density at radius 3 is 2.50 bits per heavy atom. The fraction of sp³-hybridized carbons (Fsp3) is 0.765. The van der Waals surface area contributed by atoms with Crippen LogP contribution in [0.3, 0.4) is 0 Å². The number of aromatic nitrogens is 2. The molecule has 0 aliphatic carbocycles. The lowest BCUT2D eigenvalue weighted by Gasteiger charge is -2.34. The van der Waals surface area contributed by atoms with Crippen molar-refractivity contribution < 1.29 is 8.42 Å². The fourth-order valence-corrected chi connectivity index (χ4v) is 5.41. The Kier molecular flexibility index (Phi) is 6.11. The highest BCUT2D eigenvalue weighted by Gasteiger charge is 2.36. The topological polar surface area (TPSA) is 81.7 Å². The zero-order valence-electron chi connectivity index (χ0n) is 16.0. The smallest absolute Gasteiger partial charge is 0.281 e. The monoisotopic (exact) mass is 382 g/mol. The Balaban J connectivity index is 1.82. The number of nitrogens with zero attached hydrogens (tertiary/aromatic N) is 5. The third kappa shape index (κ3) is 4.16. The summed E-state index contributed by atoms with van der Waals surface area (Å²) in [5.41, 5.74) is 0.931. The molecule has 3 rings (SSSR count). The maximum Gasteiger partial charge on any atom is 0.281 e. The Bertz CT molecular complexity index is 718. The molecule has 0 radical (unpaired) electrons. The number of anilines is 1. The van der Waals surface area contributed by atoms with Crippen LogP contribution in [0.15, 0.2) is 6.07 Å². The summed E-state index contributed by atoms with van der Waals surface area (Å²) in [4.78, 5) is 11.4. The molecule has 0 amide bonds. The molecule has 0 saturated carbocycles. The SMILES string of the molecule is CNCc1cc(N(C)C)nc(C2CCCN(S(=O)(=O)N3CCCC3)C2)n1. The molecule has 1 aromatic heterocycles. The Morgan fingerprint density at radius 1 is 1.15 bits per heavy atom. The number of hydrogen-bond acceptors (Lipinski definition) is 6.